The normalized spacial score (nSPS) is 20.8. The summed E-state index contributed by atoms with van der Waals surface area (Å²) in [5.41, 5.74) is 0.164. The van der Waals surface area contributed by atoms with Crippen LogP contribution in [-0.2, 0) is 9.84 Å². The van der Waals surface area contributed by atoms with Crippen molar-refractivity contribution in [3.63, 3.8) is 0 Å². The van der Waals surface area contributed by atoms with E-state index in [9.17, 15) is 13.2 Å². The Morgan fingerprint density at radius 3 is 2.55 bits per heavy atom. The number of nitrogens with one attached hydrogen (secondary N) is 1. The number of hydrogen-bond acceptors (Lipinski definition) is 4. The summed E-state index contributed by atoms with van der Waals surface area (Å²) in [6, 6.07) is 0. The molecule has 0 aliphatic carbocycles. The van der Waals surface area contributed by atoms with Gasteiger partial charge in [-0.15, -0.1) is 0 Å². The van der Waals surface area contributed by atoms with Gasteiger partial charge in [-0.25, -0.2) is 8.42 Å². The summed E-state index contributed by atoms with van der Waals surface area (Å²) in [4.78, 5) is 15.7. The van der Waals surface area contributed by atoms with Gasteiger partial charge in [-0.05, 0) is 19.3 Å². The molecule has 0 radical (unpaired) electrons. The second-order valence-electron chi connectivity index (χ2n) is 4.65. The van der Waals surface area contributed by atoms with Crippen molar-refractivity contribution in [1.29, 1.82) is 0 Å². The molecule has 1 aromatic rings. The number of hydrogen-bond donors (Lipinski definition) is 1. The van der Waals surface area contributed by atoms with Crippen LogP contribution >= 0.6 is 23.2 Å². The lowest BCUT2D eigenvalue weighted by atomic mass is 10.2. The van der Waals surface area contributed by atoms with Crippen molar-refractivity contribution < 1.29 is 13.2 Å². The summed E-state index contributed by atoms with van der Waals surface area (Å²) in [6.45, 7) is 0.276. The third-order valence-corrected chi connectivity index (χ3v) is 6.21. The average molecular weight is 337 g/mol. The van der Waals surface area contributed by atoms with Crippen molar-refractivity contribution in [2.75, 3.05) is 12.3 Å². The summed E-state index contributed by atoms with van der Waals surface area (Å²) in [5.74, 6) is -0.175. The Bertz CT molecular complexity index is 599. The van der Waals surface area contributed by atoms with Crippen LogP contribution in [0.5, 0.6) is 0 Å². The molecule has 20 heavy (non-hydrogen) atoms. The van der Waals surface area contributed by atoms with Gasteiger partial charge in [0.05, 0.1) is 26.6 Å². The molecule has 8 heteroatoms. The van der Waals surface area contributed by atoms with E-state index < -0.39 is 15.7 Å². The first-order valence-corrected chi connectivity index (χ1v) is 8.67. The van der Waals surface area contributed by atoms with Crippen LogP contribution in [0, 0.1) is 0 Å². The van der Waals surface area contributed by atoms with E-state index in [1.807, 2.05) is 0 Å². The lowest BCUT2D eigenvalue weighted by Gasteiger charge is -2.11. The van der Waals surface area contributed by atoms with E-state index in [4.69, 9.17) is 23.2 Å². The third kappa shape index (κ3) is 3.42. The fourth-order valence-corrected chi connectivity index (χ4v) is 4.69. The molecule has 1 amide bonds. The molecular weight excluding hydrogens is 323 g/mol. The van der Waals surface area contributed by atoms with Gasteiger partial charge in [0.15, 0.2) is 9.84 Å². The summed E-state index contributed by atoms with van der Waals surface area (Å²) >= 11 is 11.7. The second-order valence-corrected chi connectivity index (χ2v) is 7.87. The van der Waals surface area contributed by atoms with E-state index in [1.54, 1.807) is 0 Å². The second kappa shape index (κ2) is 6.28. The monoisotopic (exact) mass is 336 g/mol. The number of aromatic nitrogens is 1. The molecule has 1 N–H and O–H groups in total. The number of carbonyl (C=O) groups excluding carboxylic acids is 1. The van der Waals surface area contributed by atoms with E-state index in [0.29, 0.717) is 19.3 Å². The van der Waals surface area contributed by atoms with Gasteiger partial charge in [0.2, 0.25) is 0 Å². The van der Waals surface area contributed by atoms with Gasteiger partial charge in [0, 0.05) is 18.9 Å². The van der Waals surface area contributed by atoms with E-state index >= 15 is 0 Å². The largest absolute Gasteiger partial charge is 0.352 e. The molecule has 1 atom stereocenters. The number of rotatable bonds is 4. The molecule has 0 saturated carbocycles. The molecule has 1 unspecified atom stereocenters. The summed E-state index contributed by atoms with van der Waals surface area (Å²) in [5, 5.41) is 2.63. The Morgan fingerprint density at radius 2 is 2.00 bits per heavy atom. The highest BCUT2D eigenvalue weighted by Gasteiger charge is 2.30. The highest BCUT2D eigenvalue weighted by Crippen LogP contribution is 2.24. The molecule has 0 bridgehead atoms. The Labute approximate surface area is 127 Å². The van der Waals surface area contributed by atoms with Crippen molar-refractivity contribution in [2.45, 2.75) is 24.5 Å². The standard InChI is InChI=1S/C12H14Cl2N2O3S/c13-9-6-15-7-10(14)11(9)12(17)16-4-3-8-2-1-5-20(8,18)19/h6-8H,1-5H2,(H,16,17). The summed E-state index contributed by atoms with van der Waals surface area (Å²) in [7, 11) is -2.98. The van der Waals surface area contributed by atoms with Crippen molar-refractivity contribution in [3.8, 4) is 0 Å². The zero-order valence-corrected chi connectivity index (χ0v) is 12.9. The Morgan fingerprint density at radius 1 is 1.35 bits per heavy atom. The predicted octanol–water partition coefficient (Wildman–Crippen LogP) is 2.09. The molecule has 0 aromatic carbocycles. The minimum Gasteiger partial charge on any atom is -0.352 e. The maximum atomic E-state index is 12.0. The smallest absolute Gasteiger partial charge is 0.254 e. The average Bonchev–Trinajstić information content (AvgIpc) is 2.68. The molecule has 5 nitrogen and oxygen atoms in total. The predicted molar refractivity (Wildman–Crippen MR) is 78.0 cm³/mol. The molecule has 1 aromatic heterocycles. The minimum atomic E-state index is -2.98. The first kappa shape index (κ1) is 15.5. The number of nitrogens with zero attached hydrogens (tertiary/aromatic N) is 1. The molecule has 1 aliphatic heterocycles. The van der Waals surface area contributed by atoms with Gasteiger partial charge in [0.1, 0.15) is 0 Å². The molecule has 110 valence electrons. The molecule has 2 heterocycles. The van der Waals surface area contributed by atoms with Crippen molar-refractivity contribution in [3.05, 3.63) is 28.0 Å². The lowest BCUT2D eigenvalue weighted by Crippen LogP contribution is -2.29. The first-order valence-electron chi connectivity index (χ1n) is 6.20. The van der Waals surface area contributed by atoms with E-state index in [-0.39, 0.29) is 33.2 Å². The van der Waals surface area contributed by atoms with Crippen LogP contribution in [-0.4, -0.2) is 36.9 Å². The van der Waals surface area contributed by atoms with E-state index in [1.165, 1.54) is 12.4 Å². The molecular formula is C12H14Cl2N2O3S. The Balaban J connectivity index is 1.93. The van der Waals surface area contributed by atoms with Crippen LogP contribution in [0.15, 0.2) is 12.4 Å². The molecule has 2 rings (SSSR count). The maximum Gasteiger partial charge on any atom is 0.254 e. The van der Waals surface area contributed by atoms with Crippen LogP contribution in [0.2, 0.25) is 10.0 Å². The zero-order chi connectivity index (χ0) is 14.8. The highest BCUT2D eigenvalue weighted by molar-refractivity contribution is 7.92. The summed E-state index contributed by atoms with van der Waals surface area (Å²) in [6.07, 6.45) is 4.44. The van der Waals surface area contributed by atoms with Gasteiger partial charge in [-0.3, -0.25) is 9.78 Å². The molecule has 1 saturated heterocycles. The highest BCUT2D eigenvalue weighted by atomic mass is 35.5. The topological polar surface area (TPSA) is 76.1 Å². The molecule has 1 fully saturated rings. The quantitative estimate of drug-likeness (QED) is 0.913. The molecule has 1 aliphatic rings. The number of carbonyl (C=O) groups is 1. The van der Waals surface area contributed by atoms with Crippen LogP contribution in [0.1, 0.15) is 29.6 Å². The fourth-order valence-electron chi connectivity index (χ4n) is 2.25. The first-order chi connectivity index (χ1) is 9.42. The van der Waals surface area contributed by atoms with Crippen LogP contribution in [0.3, 0.4) is 0 Å². The van der Waals surface area contributed by atoms with Crippen LogP contribution in [0.25, 0.3) is 0 Å². The van der Waals surface area contributed by atoms with Crippen molar-refractivity contribution in [1.82, 2.24) is 10.3 Å². The summed E-state index contributed by atoms with van der Waals surface area (Å²) < 4.78 is 23.3. The number of sulfone groups is 1. The van der Waals surface area contributed by atoms with Gasteiger partial charge < -0.3 is 5.32 Å². The fraction of sp³-hybridized carbons (Fsp3) is 0.500. The zero-order valence-electron chi connectivity index (χ0n) is 10.6. The Hall–Kier alpha value is -0.850. The number of amides is 1. The van der Waals surface area contributed by atoms with Gasteiger partial charge in [-0.2, -0.15) is 0 Å². The number of pyridine rings is 1. The number of halogens is 2. The SMILES string of the molecule is O=C(NCCC1CCCS1(=O)=O)c1c(Cl)cncc1Cl. The third-order valence-electron chi connectivity index (χ3n) is 3.30. The lowest BCUT2D eigenvalue weighted by molar-refractivity contribution is 0.0953. The Kier molecular flexibility index (Phi) is 4.88. The van der Waals surface area contributed by atoms with Crippen LogP contribution < -0.4 is 5.32 Å². The molecule has 0 spiro atoms. The van der Waals surface area contributed by atoms with Gasteiger partial charge in [0.25, 0.3) is 5.91 Å². The minimum absolute atomic E-state index is 0.164. The van der Waals surface area contributed by atoms with Gasteiger partial charge >= 0.3 is 0 Å². The van der Waals surface area contributed by atoms with Gasteiger partial charge in [-0.1, -0.05) is 23.2 Å². The van der Waals surface area contributed by atoms with E-state index in [0.717, 1.165) is 0 Å². The van der Waals surface area contributed by atoms with Crippen molar-refractivity contribution >= 4 is 38.9 Å². The van der Waals surface area contributed by atoms with E-state index in [2.05, 4.69) is 10.3 Å². The van der Waals surface area contributed by atoms with Crippen molar-refractivity contribution in [2.24, 2.45) is 0 Å². The van der Waals surface area contributed by atoms with Crippen LogP contribution in [0.4, 0.5) is 0 Å². The maximum absolute atomic E-state index is 12.0.